The Kier molecular flexibility index (Phi) is 37.5. The molecule has 93 heavy (non-hydrogen) atoms. The molecule has 0 radical (unpaired) electrons. The molecule has 0 aliphatic heterocycles. The van der Waals surface area contributed by atoms with Crippen molar-refractivity contribution in [2.75, 3.05) is 195 Å². The van der Waals surface area contributed by atoms with Crippen molar-refractivity contribution in [1.29, 1.82) is 0 Å². The van der Waals surface area contributed by atoms with E-state index in [4.69, 9.17) is 52.6 Å². The average Bonchev–Trinajstić information content (AvgIpc) is 1.74. The van der Waals surface area contributed by atoms with Crippen LogP contribution in [0.4, 0.5) is 11.4 Å². The van der Waals surface area contributed by atoms with Gasteiger partial charge in [0.1, 0.15) is 10.0 Å². The van der Waals surface area contributed by atoms with Gasteiger partial charge in [0, 0.05) is 127 Å². The van der Waals surface area contributed by atoms with Gasteiger partial charge in [0.25, 0.3) is 0 Å². The number of hydrogen-bond donors (Lipinski definition) is 7. The van der Waals surface area contributed by atoms with E-state index in [0.717, 1.165) is 43.6 Å². The van der Waals surface area contributed by atoms with Crippen molar-refractivity contribution in [1.82, 2.24) is 41.5 Å². The molecule has 0 bridgehead atoms. The molecular weight excluding hydrogens is 1230 g/mol. The van der Waals surface area contributed by atoms with Gasteiger partial charge in [-0.05, 0) is 105 Å². The summed E-state index contributed by atoms with van der Waals surface area (Å²) < 4.78 is 52.2. The number of amides is 5. The van der Waals surface area contributed by atoms with Crippen LogP contribution >= 0.6 is 22.7 Å². The van der Waals surface area contributed by atoms with Crippen LogP contribution in [0.25, 0.3) is 41.6 Å². The van der Waals surface area contributed by atoms with Crippen molar-refractivity contribution in [3.8, 4) is 21.1 Å². The minimum atomic E-state index is -0.151. The van der Waals surface area contributed by atoms with Crippen LogP contribution in [0.2, 0.25) is 0 Å². The molecule has 510 valence electrons. The highest BCUT2D eigenvalue weighted by Crippen LogP contribution is 2.33. The maximum atomic E-state index is 12.6. The van der Waals surface area contributed by atoms with E-state index >= 15 is 0 Å². The van der Waals surface area contributed by atoms with Gasteiger partial charge in [-0.15, -0.1) is 22.7 Å². The molecule has 0 aliphatic rings. The third kappa shape index (κ3) is 32.8. The zero-order chi connectivity index (χ0) is 65.8. The molecular formula is C67H96N10O14S2. The Balaban J connectivity index is 0.667. The van der Waals surface area contributed by atoms with Crippen LogP contribution in [0.1, 0.15) is 50.2 Å². The number of carbonyl (C=O) groups excluding carboxylic acids is 5. The lowest BCUT2D eigenvalue weighted by molar-refractivity contribution is -0.123. The molecule has 0 spiro atoms. The fourth-order valence-electron chi connectivity index (χ4n) is 8.94. The molecule has 26 heteroatoms. The zero-order valence-corrected chi connectivity index (χ0v) is 55.9. The lowest BCUT2D eigenvalue weighted by Crippen LogP contribution is -2.43. The molecule has 6 rings (SSSR count). The van der Waals surface area contributed by atoms with Crippen molar-refractivity contribution in [2.24, 2.45) is 0 Å². The summed E-state index contributed by atoms with van der Waals surface area (Å²) in [6, 6.07) is 28.8. The molecule has 0 aliphatic carbocycles. The monoisotopic (exact) mass is 1330 g/mol. The van der Waals surface area contributed by atoms with Crippen molar-refractivity contribution < 1.29 is 66.6 Å². The Morgan fingerprint density at radius 1 is 0.366 bits per heavy atom. The number of anilines is 2. The summed E-state index contributed by atoms with van der Waals surface area (Å²) in [7, 11) is 0. The number of thiazole rings is 2. The molecule has 24 nitrogen and oxygen atoms in total. The van der Waals surface area contributed by atoms with Crippen molar-refractivity contribution in [3.05, 3.63) is 96.1 Å². The van der Waals surface area contributed by atoms with Gasteiger partial charge in [-0.25, -0.2) is 9.97 Å². The van der Waals surface area contributed by atoms with Gasteiger partial charge in [-0.2, -0.15) is 0 Å². The van der Waals surface area contributed by atoms with Crippen LogP contribution in [0.5, 0.6) is 0 Å². The Morgan fingerprint density at radius 3 is 1.03 bits per heavy atom. The van der Waals surface area contributed by atoms with Crippen LogP contribution in [0.15, 0.2) is 84.9 Å². The van der Waals surface area contributed by atoms with Crippen LogP contribution in [-0.2, 0) is 66.6 Å². The number of carbonyl (C=O) groups is 5. The fraction of sp³-hybridized carbons (Fsp3) is 0.537. The Bertz CT molecular complexity index is 2890. The molecule has 7 N–H and O–H groups in total. The molecule has 0 saturated carbocycles. The molecule has 0 unspecified atom stereocenters. The van der Waals surface area contributed by atoms with Gasteiger partial charge in [-0.1, -0.05) is 12.1 Å². The first-order chi connectivity index (χ1) is 45.5. The van der Waals surface area contributed by atoms with Gasteiger partial charge in [0.15, 0.2) is 0 Å². The van der Waals surface area contributed by atoms with E-state index in [1.807, 2.05) is 55.5 Å². The highest BCUT2D eigenvalue weighted by Gasteiger charge is 2.13. The largest absolute Gasteiger partial charge is 0.385 e. The summed E-state index contributed by atoms with van der Waals surface area (Å²) in [4.78, 5) is 73.6. The maximum absolute atomic E-state index is 12.6. The minimum Gasteiger partial charge on any atom is -0.385 e. The number of nitrogens with zero attached hydrogens (tertiary/aromatic N) is 3. The number of ether oxygens (including phenoxy) is 9. The van der Waals surface area contributed by atoms with Crippen LogP contribution in [-0.4, -0.2) is 229 Å². The smallest absolute Gasteiger partial charge is 0.222 e. The first-order valence-electron chi connectivity index (χ1n) is 32.2. The molecule has 4 aromatic carbocycles. The molecule has 5 amide bonds. The maximum Gasteiger partial charge on any atom is 0.222 e. The SMILES string of the molecule is CCOCCC(=O)NCCN(CCNC(=O)CCOCCOCCOCCOCCNC(=O)CCNc1ccc(-c2nc3ccc(C)cc3s2)cc1)CCNC(=O)CCOCCOCCOCCOCCNC(=O)CCNc1ccc(-c2nc3ccc(C)cc3s2)cc1. The Hall–Kier alpha value is -6.79. The van der Waals surface area contributed by atoms with E-state index in [1.54, 1.807) is 22.7 Å². The highest BCUT2D eigenvalue weighted by molar-refractivity contribution is 7.22. The normalized spacial score (nSPS) is 11.4. The van der Waals surface area contributed by atoms with E-state index in [1.165, 1.54) is 20.5 Å². The lowest BCUT2D eigenvalue weighted by Gasteiger charge is -2.23. The Morgan fingerprint density at radius 2 is 0.677 bits per heavy atom. The fourth-order valence-corrected chi connectivity index (χ4v) is 11.1. The molecule has 0 atom stereocenters. The second-order valence-electron chi connectivity index (χ2n) is 21.4. The number of nitrogens with one attached hydrogen (secondary N) is 7. The summed E-state index contributed by atoms with van der Waals surface area (Å²) in [5, 5.41) is 23.1. The molecule has 0 saturated heterocycles. The number of hydrogen-bond acceptors (Lipinski definition) is 21. The van der Waals surface area contributed by atoms with Crippen molar-refractivity contribution in [2.45, 2.75) is 52.9 Å². The number of rotatable bonds is 53. The Labute approximate surface area is 554 Å². The summed E-state index contributed by atoms with van der Waals surface area (Å²) in [6.45, 7) is 17.3. The second kappa shape index (κ2) is 46.3. The van der Waals surface area contributed by atoms with Gasteiger partial charge in [0.05, 0.1) is 133 Å². The standard InChI is InChI=1S/C67H96N10O14S2/c1-4-83-32-19-63(80)70-24-29-77(30-25-71-64(81)20-33-84-37-41-88-45-47-90-43-39-86-35-27-73-61(78)17-22-68-55-11-7-53(8-12-55)66-75-57-15-5-51(2)49-59(57)92-66)31-26-72-65(82)21-34-85-38-42-89-46-48-91-44-40-87-36-28-74-62(79)18-23-69-56-13-9-54(10-14-56)67-76-58-16-6-52(3)50-60(58)93-67/h5-16,49-50,68-69H,4,17-48H2,1-3H3,(H,70,80)(H,71,81)(H,72,82)(H,73,78)(H,74,79). The summed E-state index contributed by atoms with van der Waals surface area (Å²) >= 11 is 3.36. The quantitative estimate of drug-likeness (QED) is 0.0204. The topological polar surface area (TPSA) is 282 Å². The first-order valence-corrected chi connectivity index (χ1v) is 33.8. The number of benzene rings is 4. The molecule has 2 aromatic heterocycles. The van der Waals surface area contributed by atoms with E-state index in [-0.39, 0.29) is 62.0 Å². The van der Waals surface area contributed by atoms with E-state index in [0.29, 0.717) is 184 Å². The lowest BCUT2D eigenvalue weighted by atomic mass is 10.2. The third-order valence-electron chi connectivity index (χ3n) is 14.0. The number of fused-ring (bicyclic) bond motifs is 2. The van der Waals surface area contributed by atoms with E-state index < -0.39 is 0 Å². The van der Waals surface area contributed by atoms with Crippen molar-refractivity contribution in [3.63, 3.8) is 0 Å². The van der Waals surface area contributed by atoms with Crippen molar-refractivity contribution >= 4 is 84.0 Å². The van der Waals surface area contributed by atoms with Gasteiger partial charge in [0.2, 0.25) is 29.5 Å². The van der Waals surface area contributed by atoms with E-state index in [9.17, 15) is 24.0 Å². The third-order valence-corrected chi connectivity index (χ3v) is 16.1. The van der Waals surface area contributed by atoms with E-state index in [2.05, 4.69) is 92.4 Å². The van der Waals surface area contributed by atoms with Gasteiger partial charge in [-0.3, -0.25) is 28.9 Å². The predicted molar refractivity (Wildman–Crippen MR) is 364 cm³/mol. The van der Waals surface area contributed by atoms with Crippen LogP contribution in [0, 0.1) is 13.8 Å². The average molecular weight is 1330 g/mol. The molecule has 2 heterocycles. The summed E-state index contributed by atoms with van der Waals surface area (Å²) in [5.41, 5.74) is 8.46. The number of aromatic nitrogens is 2. The van der Waals surface area contributed by atoms with Gasteiger partial charge >= 0.3 is 0 Å². The van der Waals surface area contributed by atoms with Crippen LogP contribution < -0.4 is 37.2 Å². The number of aryl methyl sites for hydroxylation is 2. The minimum absolute atomic E-state index is 0.0539. The first kappa shape index (κ1) is 75.2. The summed E-state index contributed by atoms with van der Waals surface area (Å²) in [5.74, 6) is -0.517. The van der Waals surface area contributed by atoms with Crippen LogP contribution in [0.3, 0.4) is 0 Å². The second-order valence-corrected chi connectivity index (χ2v) is 23.5. The predicted octanol–water partition coefficient (Wildman–Crippen LogP) is 6.38. The zero-order valence-electron chi connectivity index (χ0n) is 54.3. The highest BCUT2D eigenvalue weighted by atomic mass is 32.1. The van der Waals surface area contributed by atoms with Gasteiger partial charge < -0.3 is 79.8 Å². The molecule has 6 aromatic rings. The molecule has 0 fully saturated rings. The summed E-state index contributed by atoms with van der Waals surface area (Å²) in [6.07, 6.45) is 1.33.